The summed E-state index contributed by atoms with van der Waals surface area (Å²) in [5, 5.41) is 6.15. The van der Waals surface area contributed by atoms with E-state index in [1.807, 2.05) is 60.7 Å². The van der Waals surface area contributed by atoms with Gasteiger partial charge in [0.25, 0.3) is 11.8 Å². The molecule has 1 heterocycles. The summed E-state index contributed by atoms with van der Waals surface area (Å²) in [6, 6.07) is 22.5. The van der Waals surface area contributed by atoms with Gasteiger partial charge in [0.15, 0.2) is 0 Å². The Balaban J connectivity index is 1.26. The molecule has 1 aromatic heterocycles. The molecule has 1 fully saturated rings. The number of carbonyl (C=O) groups excluding carboxylic acids is 2. The highest BCUT2D eigenvalue weighted by atomic mass is 16.2. The highest BCUT2D eigenvalue weighted by Gasteiger charge is 2.16. The molecule has 3 N–H and O–H groups in total. The van der Waals surface area contributed by atoms with Gasteiger partial charge in [-0.3, -0.25) is 9.59 Å². The number of imidazole rings is 1. The molecular formula is C29H30N4O2. The van der Waals surface area contributed by atoms with Gasteiger partial charge in [0.1, 0.15) is 5.82 Å². The van der Waals surface area contributed by atoms with Gasteiger partial charge in [-0.2, -0.15) is 0 Å². The Morgan fingerprint density at radius 2 is 1.46 bits per heavy atom. The molecule has 0 atom stereocenters. The van der Waals surface area contributed by atoms with Crippen LogP contribution in [0.25, 0.3) is 22.4 Å². The first-order valence-corrected chi connectivity index (χ1v) is 12.4. The minimum Gasteiger partial charge on any atom is -0.349 e. The van der Waals surface area contributed by atoms with Crippen molar-refractivity contribution in [1.29, 1.82) is 0 Å². The first-order chi connectivity index (χ1) is 17.2. The predicted octanol–water partition coefficient (Wildman–Crippen LogP) is 6.32. The van der Waals surface area contributed by atoms with Crippen molar-refractivity contribution in [3.05, 3.63) is 83.9 Å². The number of rotatable bonds is 5. The van der Waals surface area contributed by atoms with E-state index in [4.69, 9.17) is 0 Å². The molecule has 1 aliphatic rings. The Labute approximate surface area is 205 Å². The standard InChI is InChI=1S/C29H30N4O2/c34-28(21-9-5-4-6-10-21)31-24-17-18-25-26(19-24)33-27(32-25)20-13-15-22(16-14-20)29(35)30-23-11-7-2-1-3-8-12-23/h4-6,9-10,13-19,23H,1-3,7-8,11-12H2,(H,30,35)(H,31,34)(H,32,33). The van der Waals surface area contributed by atoms with Crippen LogP contribution in [0.5, 0.6) is 0 Å². The van der Waals surface area contributed by atoms with Crippen LogP contribution in [0.2, 0.25) is 0 Å². The van der Waals surface area contributed by atoms with Gasteiger partial charge in [-0.15, -0.1) is 0 Å². The molecule has 0 bridgehead atoms. The number of nitrogens with one attached hydrogen (secondary N) is 3. The zero-order valence-corrected chi connectivity index (χ0v) is 19.7. The Morgan fingerprint density at radius 1 is 0.771 bits per heavy atom. The van der Waals surface area contributed by atoms with Crippen LogP contribution in [0, 0.1) is 0 Å². The van der Waals surface area contributed by atoms with Crippen molar-refractivity contribution < 1.29 is 9.59 Å². The zero-order valence-electron chi connectivity index (χ0n) is 19.7. The van der Waals surface area contributed by atoms with E-state index in [0.29, 0.717) is 16.8 Å². The summed E-state index contributed by atoms with van der Waals surface area (Å²) >= 11 is 0. The highest BCUT2D eigenvalue weighted by Crippen LogP contribution is 2.24. The van der Waals surface area contributed by atoms with Gasteiger partial charge >= 0.3 is 0 Å². The van der Waals surface area contributed by atoms with E-state index in [-0.39, 0.29) is 17.9 Å². The van der Waals surface area contributed by atoms with Crippen molar-refractivity contribution in [3.8, 4) is 11.4 Å². The average molecular weight is 467 g/mol. The molecule has 0 aliphatic heterocycles. The topological polar surface area (TPSA) is 86.9 Å². The van der Waals surface area contributed by atoms with Crippen molar-refractivity contribution in [3.63, 3.8) is 0 Å². The summed E-state index contributed by atoms with van der Waals surface area (Å²) in [6.07, 6.45) is 8.35. The monoisotopic (exact) mass is 466 g/mol. The fourth-order valence-electron chi connectivity index (χ4n) is 4.67. The van der Waals surface area contributed by atoms with Crippen LogP contribution in [0.15, 0.2) is 72.8 Å². The number of hydrogen-bond donors (Lipinski definition) is 3. The maximum atomic E-state index is 12.8. The van der Waals surface area contributed by atoms with E-state index in [1.165, 1.54) is 32.1 Å². The molecule has 4 aromatic rings. The van der Waals surface area contributed by atoms with Gasteiger partial charge in [0, 0.05) is 28.4 Å². The lowest BCUT2D eigenvalue weighted by molar-refractivity contribution is 0.0929. The molecule has 6 nitrogen and oxygen atoms in total. The SMILES string of the molecule is O=C(Nc1ccc2nc(-c3ccc(C(=O)NC4CCCCCCC4)cc3)[nH]c2c1)c1ccccc1. The molecule has 3 aromatic carbocycles. The van der Waals surface area contributed by atoms with Crippen LogP contribution in [-0.4, -0.2) is 27.8 Å². The van der Waals surface area contributed by atoms with E-state index in [1.54, 1.807) is 12.1 Å². The zero-order chi connectivity index (χ0) is 24.0. The van der Waals surface area contributed by atoms with Crippen molar-refractivity contribution in [2.24, 2.45) is 0 Å². The second kappa shape index (κ2) is 10.6. The molecule has 0 radical (unpaired) electrons. The number of nitrogens with zero attached hydrogens (tertiary/aromatic N) is 1. The van der Waals surface area contributed by atoms with Gasteiger partial charge in [0.2, 0.25) is 0 Å². The lowest BCUT2D eigenvalue weighted by Crippen LogP contribution is -2.35. The summed E-state index contributed by atoms with van der Waals surface area (Å²) in [7, 11) is 0. The number of aromatic amines is 1. The number of carbonyl (C=O) groups is 2. The Morgan fingerprint density at radius 3 is 2.20 bits per heavy atom. The molecule has 0 unspecified atom stereocenters. The predicted molar refractivity (Wildman–Crippen MR) is 139 cm³/mol. The largest absolute Gasteiger partial charge is 0.349 e. The summed E-state index contributed by atoms with van der Waals surface area (Å²) in [4.78, 5) is 33.2. The van der Waals surface area contributed by atoms with Gasteiger partial charge in [-0.25, -0.2) is 4.98 Å². The summed E-state index contributed by atoms with van der Waals surface area (Å²) in [5.41, 5.74) is 4.51. The minimum absolute atomic E-state index is 0.00877. The van der Waals surface area contributed by atoms with Crippen LogP contribution in [0.1, 0.15) is 65.7 Å². The minimum atomic E-state index is -0.155. The smallest absolute Gasteiger partial charge is 0.255 e. The Kier molecular flexibility index (Phi) is 6.89. The number of anilines is 1. The lowest BCUT2D eigenvalue weighted by atomic mass is 9.96. The number of H-pyrrole nitrogens is 1. The van der Waals surface area contributed by atoms with Gasteiger partial charge in [-0.1, -0.05) is 62.4 Å². The second-order valence-corrected chi connectivity index (χ2v) is 9.23. The number of hydrogen-bond acceptors (Lipinski definition) is 3. The quantitative estimate of drug-likeness (QED) is 0.321. The molecule has 0 spiro atoms. The van der Waals surface area contributed by atoms with Crippen molar-refractivity contribution >= 4 is 28.5 Å². The molecular weight excluding hydrogens is 436 g/mol. The van der Waals surface area contributed by atoms with E-state index < -0.39 is 0 Å². The molecule has 35 heavy (non-hydrogen) atoms. The van der Waals surface area contributed by atoms with E-state index in [2.05, 4.69) is 20.6 Å². The summed E-state index contributed by atoms with van der Waals surface area (Å²) in [5.74, 6) is 0.557. The van der Waals surface area contributed by atoms with Gasteiger partial charge in [-0.05, 0) is 55.3 Å². The molecule has 1 aliphatic carbocycles. The molecule has 6 heteroatoms. The first kappa shape index (κ1) is 22.8. The number of amides is 2. The van der Waals surface area contributed by atoms with Crippen LogP contribution in [0.4, 0.5) is 5.69 Å². The average Bonchev–Trinajstić information content (AvgIpc) is 3.29. The van der Waals surface area contributed by atoms with Crippen LogP contribution < -0.4 is 10.6 Å². The van der Waals surface area contributed by atoms with Crippen molar-refractivity contribution in [1.82, 2.24) is 15.3 Å². The number of fused-ring (bicyclic) bond motifs is 1. The lowest BCUT2D eigenvalue weighted by Gasteiger charge is -2.21. The second-order valence-electron chi connectivity index (χ2n) is 9.23. The molecule has 0 saturated heterocycles. The van der Waals surface area contributed by atoms with Gasteiger partial charge in [0.05, 0.1) is 11.0 Å². The molecule has 1 saturated carbocycles. The van der Waals surface area contributed by atoms with Crippen molar-refractivity contribution in [2.75, 3.05) is 5.32 Å². The number of benzene rings is 3. The Hall–Kier alpha value is -3.93. The fraction of sp³-hybridized carbons (Fsp3) is 0.276. The summed E-state index contributed by atoms with van der Waals surface area (Å²) in [6.45, 7) is 0. The van der Waals surface area contributed by atoms with E-state index in [0.717, 1.165) is 35.3 Å². The highest BCUT2D eigenvalue weighted by molar-refractivity contribution is 6.05. The van der Waals surface area contributed by atoms with Crippen LogP contribution in [0.3, 0.4) is 0 Å². The number of aromatic nitrogens is 2. The normalized spacial score (nSPS) is 14.7. The van der Waals surface area contributed by atoms with Gasteiger partial charge < -0.3 is 15.6 Å². The maximum Gasteiger partial charge on any atom is 0.255 e. The maximum absolute atomic E-state index is 12.8. The molecule has 2 amide bonds. The third kappa shape index (κ3) is 5.60. The molecule has 178 valence electrons. The van der Waals surface area contributed by atoms with Crippen LogP contribution >= 0.6 is 0 Å². The van der Waals surface area contributed by atoms with E-state index in [9.17, 15) is 9.59 Å². The first-order valence-electron chi connectivity index (χ1n) is 12.4. The summed E-state index contributed by atoms with van der Waals surface area (Å²) < 4.78 is 0. The third-order valence-corrected chi connectivity index (χ3v) is 6.64. The van der Waals surface area contributed by atoms with Crippen LogP contribution in [-0.2, 0) is 0 Å². The Bertz CT molecular complexity index is 1300. The van der Waals surface area contributed by atoms with Crippen molar-refractivity contribution in [2.45, 2.75) is 51.0 Å². The van der Waals surface area contributed by atoms with E-state index >= 15 is 0 Å². The molecule has 5 rings (SSSR count). The third-order valence-electron chi connectivity index (χ3n) is 6.64. The fourth-order valence-corrected chi connectivity index (χ4v) is 4.67.